The van der Waals surface area contributed by atoms with Gasteiger partial charge in [-0.2, -0.15) is 0 Å². The van der Waals surface area contributed by atoms with Gasteiger partial charge in [0.25, 0.3) is 0 Å². The Hall–Kier alpha value is -1.13. The first-order valence-electron chi connectivity index (χ1n) is 5.80. The summed E-state index contributed by atoms with van der Waals surface area (Å²) in [6.07, 6.45) is 4.28. The molecule has 2 rings (SSSR count). The highest BCUT2D eigenvalue weighted by atomic mass is 16.5. The summed E-state index contributed by atoms with van der Waals surface area (Å²) in [5, 5.41) is 9.10. The van der Waals surface area contributed by atoms with E-state index in [0.717, 1.165) is 12.1 Å². The Balaban J connectivity index is 1.79. The summed E-state index contributed by atoms with van der Waals surface area (Å²) in [5.74, 6) is 0.559. The lowest BCUT2D eigenvalue weighted by Gasteiger charge is -2.15. The summed E-state index contributed by atoms with van der Waals surface area (Å²) in [6.45, 7) is 3.93. The molecule has 1 N–H and O–H groups in total. The first-order valence-corrected chi connectivity index (χ1v) is 5.80. The van der Waals surface area contributed by atoms with Gasteiger partial charge in [-0.15, -0.1) is 0 Å². The van der Waals surface area contributed by atoms with Crippen LogP contribution >= 0.6 is 0 Å². The molecule has 0 spiro atoms. The number of aliphatic hydroxyl groups excluding tert-OH is 1. The molecule has 16 heavy (non-hydrogen) atoms. The second-order valence-corrected chi connectivity index (χ2v) is 4.02. The molecule has 0 saturated carbocycles. The fourth-order valence-corrected chi connectivity index (χ4v) is 1.95. The van der Waals surface area contributed by atoms with E-state index in [2.05, 4.69) is 9.88 Å². The van der Waals surface area contributed by atoms with E-state index in [1.54, 1.807) is 12.3 Å². The lowest BCUT2D eigenvalue weighted by molar-refractivity contribution is 0.221. The predicted molar refractivity (Wildman–Crippen MR) is 61.3 cm³/mol. The van der Waals surface area contributed by atoms with E-state index in [0.29, 0.717) is 12.5 Å². The number of ether oxygens (including phenoxy) is 1. The van der Waals surface area contributed by atoms with Crippen molar-refractivity contribution in [3.63, 3.8) is 0 Å². The van der Waals surface area contributed by atoms with Crippen molar-refractivity contribution >= 4 is 0 Å². The zero-order valence-electron chi connectivity index (χ0n) is 9.43. The average Bonchev–Trinajstić information content (AvgIpc) is 2.83. The van der Waals surface area contributed by atoms with Gasteiger partial charge in [0, 0.05) is 18.3 Å². The van der Waals surface area contributed by atoms with Crippen molar-refractivity contribution in [2.75, 3.05) is 26.2 Å². The molecule has 1 aliphatic heterocycles. The topological polar surface area (TPSA) is 45.6 Å². The summed E-state index contributed by atoms with van der Waals surface area (Å²) in [6, 6.07) is 3.64. The van der Waals surface area contributed by atoms with Crippen LogP contribution in [0.15, 0.2) is 18.3 Å². The fraction of sp³-hybridized carbons (Fsp3) is 0.583. The van der Waals surface area contributed by atoms with E-state index in [-0.39, 0.29) is 6.61 Å². The van der Waals surface area contributed by atoms with Crippen molar-refractivity contribution in [2.45, 2.75) is 19.4 Å². The third-order valence-corrected chi connectivity index (χ3v) is 2.87. The van der Waals surface area contributed by atoms with Crippen LogP contribution in [0, 0.1) is 0 Å². The van der Waals surface area contributed by atoms with Gasteiger partial charge in [-0.05, 0) is 38.1 Å². The molecule has 1 aromatic heterocycles. The molecule has 4 heteroatoms. The van der Waals surface area contributed by atoms with Crippen LogP contribution in [-0.4, -0.2) is 41.2 Å². The molecule has 1 fully saturated rings. The molecule has 0 atom stereocenters. The number of nitrogens with zero attached hydrogens (tertiary/aromatic N) is 2. The fourth-order valence-electron chi connectivity index (χ4n) is 1.95. The minimum absolute atomic E-state index is 0.0209. The molecule has 88 valence electrons. The number of hydrogen-bond acceptors (Lipinski definition) is 4. The molecule has 2 heterocycles. The number of rotatable bonds is 5. The average molecular weight is 222 g/mol. The monoisotopic (exact) mass is 222 g/mol. The maximum atomic E-state index is 9.10. The highest BCUT2D eigenvalue weighted by molar-refractivity contribution is 5.24. The first kappa shape index (κ1) is 11.4. The maximum Gasteiger partial charge on any atom is 0.218 e. The summed E-state index contributed by atoms with van der Waals surface area (Å²) in [4.78, 5) is 6.50. The van der Waals surface area contributed by atoms with E-state index in [1.807, 2.05) is 6.07 Å². The Morgan fingerprint density at radius 1 is 1.38 bits per heavy atom. The zero-order valence-corrected chi connectivity index (χ0v) is 9.43. The Morgan fingerprint density at radius 2 is 2.19 bits per heavy atom. The standard InChI is InChI=1S/C12H18N2O2/c15-10-11-4-3-5-13-12(11)16-9-8-14-6-1-2-7-14/h3-5,15H,1-2,6-10H2. The van der Waals surface area contributed by atoms with Gasteiger partial charge in [-0.3, -0.25) is 4.90 Å². The van der Waals surface area contributed by atoms with E-state index in [4.69, 9.17) is 9.84 Å². The number of likely N-dealkylation sites (tertiary alicyclic amines) is 1. The van der Waals surface area contributed by atoms with Gasteiger partial charge in [0.05, 0.1) is 6.61 Å². The molecule has 1 aromatic rings. The van der Waals surface area contributed by atoms with Crippen LogP contribution in [0.4, 0.5) is 0 Å². The second kappa shape index (κ2) is 5.82. The number of aromatic nitrogens is 1. The highest BCUT2D eigenvalue weighted by Gasteiger charge is 2.11. The predicted octanol–water partition coefficient (Wildman–Crippen LogP) is 1.05. The second-order valence-electron chi connectivity index (χ2n) is 4.02. The van der Waals surface area contributed by atoms with Crippen molar-refractivity contribution in [1.82, 2.24) is 9.88 Å². The van der Waals surface area contributed by atoms with Crippen molar-refractivity contribution in [3.05, 3.63) is 23.9 Å². The summed E-state index contributed by atoms with van der Waals surface area (Å²) in [5.41, 5.74) is 0.754. The van der Waals surface area contributed by atoms with E-state index in [1.165, 1.54) is 25.9 Å². The Morgan fingerprint density at radius 3 is 2.94 bits per heavy atom. The van der Waals surface area contributed by atoms with Crippen LogP contribution in [0.2, 0.25) is 0 Å². The van der Waals surface area contributed by atoms with Crippen molar-refractivity contribution in [2.24, 2.45) is 0 Å². The quantitative estimate of drug-likeness (QED) is 0.809. The molecule has 0 amide bonds. The minimum Gasteiger partial charge on any atom is -0.476 e. The van der Waals surface area contributed by atoms with Crippen LogP contribution in [0.25, 0.3) is 0 Å². The van der Waals surface area contributed by atoms with Crippen molar-refractivity contribution in [1.29, 1.82) is 0 Å². The smallest absolute Gasteiger partial charge is 0.218 e. The van der Waals surface area contributed by atoms with Gasteiger partial charge in [-0.25, -0.2) is 4.98 Å². The zero-order chi connectivity index (χ0) is 11.2. The Labute approximate surface area is 95.9 Å². The van der Waals surface area contributed by atoms with Crippen LogP contribution in [0.3, 0.4) is 0 Å². The van der Waals surface area contributed by atoms with Crippen LogP contribution in [-0.2, 0) is 6.61 Å². The normalized spacial score (nSPS) is 16.6. The Kier molecular flexibility index (Phi) is 4.13. The molecular formula is C12H18N2O2. The van der Waals surface area contributed by atoms with E-state index < -0.39 is 0 Å². The number of pyridine rings is 1. The highest BCUT2D eigenvalue weighted by Crippen LogP contribution is 2.14. The van der Waals surface area contributed by atoms with Crippen LogP contribution in [0.1, 0.15) is 18.4 Å². The summed E-state index contributed by atoms with van der Waals surface area (Å²) < 4.78 is 5.58. The summed E-state index contributed by atoms with van der Waals surface area (Å²) in [7, 11) is 0. The molecule has 1 saturated heterocycles. The van der Waals surface area contributed by atoms with Gasteiger partial charge in [0.15, 0.2) is 0 Å². The van der Waals surface area contributed by atoms with E-state index >= 15 is 0 Å². The largest absolute Gasteiger partial charge is 0.476 e. The lowest BCUT2D eigenvalue weighted by Crippen LogP contribution is -2.25. The molecule has 0 unspecified atom stereocenters. The minimum atomic E-state index is -0.0209. The van der Waals surface area contributed by atoms with Crippen LogP contribution < -0.4 is 4.74 Å². The van der Waals surface area contributed by atoms with Crippen molar-refractivity contribution in [3.8, 4) is 5.88 Å². The third-order valence-electron chi connectivity index (χ3n) is 2.87. The molecule has 0 radical (unpaired) electrons. The first-order chi connectivity index (χ1) is 7.90. The molecule has 0 bridgehead atoms. The number of hydrogen-bond donors (Lipinski definition) is 1. The molecule has 0 aliphatic carbocycles. The number of aliphatic hydroxyl groups is 1. The van der Waals surface area contributed by atoms with Gasteiger partial charge in [0.1, 0.15) is 6.61 Å². The molecule has 0 aromatic carbocycles. The van der Waals surface area contributed by atoms with Gasteiger partial charge >= 0.3 is 0 Å². The molecule has 4 nitrogen and oxygen atoms in total. The summed E-state index contributed by atoms with van der Waals surface area (Å²) >= 11 is 0. The maximum absolute atomic E-state index is 9.10. The SMILES string of the molecule is OCc1cccnc1OCCN1CCCC1. The van der Waals surface area contributed by atoms with Gasteiger partial charge < -0.3 is 9.84 Å². The molecular weight excluding hydrogens is 204 g/mol. The molecule has 1 aliphatic rings. The van der Waals surface area contributed by atoms with Crippen molar-refractivity contribution < 1.29 is 9.84 Å². The third kappa shape index (κ3) is 2.93. The van der Waals surface area contributed by atoms with Gasteiger partial charge in [-0.1, -0.05) is 0 Å². The Bertz CT molecular complexity index is 325. The van der Waals surface area contributed by atoms with Crippen LogP contribution in [0.5, 0.6) is 5.88 Å². The lowest BCUT2D eigenvalue weighted by atomic mass is 10.3. The van der Waals surface area contributed by atoms with E-state index in [9.17, 15) is 0 Å². The van der Waals surface area contributed by atoms with Gasteiger partial charge in [0.2, 0.25) is 5.88 Å².